The maximum absolute atomic E-state index is 13.2. The van der Waals surface area contributed by atoms with Gasteiger partial charge in [-0.1, -0.05) is 6.07 Å². The first kappa shape index (κ1) is 19.6. The second kappa shape index (κ2) is 8.67. The van der Waals surface area contributed by atoms with Crippen LogP contribution in [0.1, 0.15) is 26.6 Å². The molecule has 0 aliphatic heterocycles. The third-order valence-electron chi connectivity index (χ3n) is 3.98. The Bertz CT molecular complexity index is 954. The minimum Gasteiger partial charge on any atom is -0.489 e. The predicted octanol–water partition coefficient (Wildman–Crippen LogP) is 4.47. The highest BCUT2D eigenvalue weighted by Gasteiger charge is 2.11. The summed E-state index contributed by atoms with van der Waals surface area (Å²) >= 11 is 4.85. The number of aryl methyl sites for hydroxylation is 1. The number of nitrogens with one attached hydrogen (secondary N) is 1. The Hall–Kier alpha value is -2.19. The van der Waals surface area contributed by atoms with Gasteiger partial charge in [0.25, 0.3) is 5.91 Å². The minimum atomic E-state index is -0.340. The number of halogens is 2. The van der Waals surface area contributed by atoms with Gasteiger partial charge in [0.15, 0.2) is 0 Å². The summed E-state index contributed by atoms with van der Waals surface area (Å²) in [6, 6.07) is 7.78. The molecule has 0 spiro atoms. The molecule has 3 aromatic rings. The molecule has 5 nitrogen and oxygen atoms in total. The van der Waals surface area contributed by atoms with Crippen molar-refractivity contribution in [2.24, 2.45) is 0 Å². The first-order valence-corrected chi connectivity index (χ1v) is 10.0. The molecule has 0 atom stereocenters. The molecule has 1 aromatic carbocycles. The van der Waals surface area contributed by atoms with Gasteiger partial charge in [-0.3, -0.25) is 9.48 Å². The second-order valence-corrected chi connectivity index (χ2v) is 7.73. The molecule has 0 fully saturated rings. The Balaban J connectivity index is 1.50. The molecule has 0 bridgehead atoms. The number of carbonyl (C=O) groups is 1. The van der Waals surface area contributed by atoms with Crippen LogP contribution < -0.4 is 10.1 Å². The highest BCUT2D eigenvalue weighted by molar-refractivity contribution is 9.10. The molecular weight excluding hydrogens is 433 g/mol. The van der Waals surface area contributed by atoms with Crippen molar-refractivity contribution < 1.29 is 13.9 Å². The third-order valence-corrected chi connectivity index (χ3v) is 6.11. The van der Waals surface area contributed by atoms with E-state index < -0.39 is 0 Å². The molecule has 142 valence electrons. The SMILES string of the molecule is Cc1nn(CCNC(=O)c2cc(COc3cccc(F)c3)cs2)c(C)c1Br. The van der Waals surface area contributed by atoms with E-state index in [-0.39, 0.29) is 18.3 Å². The number of hydrogen-bond acceptors (Lipinski definition) is 4. The lowest BCUT2D eigenvalue weighted by Crippen LogP contribution is -2.27. The fourth-order valence-electron chi connectivity index (χ4n) is 2.55. The van der Waals surface area contributed by atoms with Crippen LogP contribution in [0, 0.1) is 19.7 Å². The minimum absolute atomic E-state index is 0.127. The normalized spacial score (nSPS) is 10.8. The van der Waals surface area contributed by atoms with E-state index in [1.807, 2.05) is 23.9 Å². The Kier molecular flexibility index (Phi) is 6.28. The van der Waals surface area contributed by atoms with E-state index in [0.29, 0.717) is 23.7 Å². The van der Waals surface area contributed by atoms with Crippen molar-refractivity contribution in [3.05, 3.63) is 67.8 Å². The summed E-state index contributed by atoms with van der Waals surface area (Å²) in [6.45, 7) is 5.29. The summed E-state index contributed by atoms with van der Waals surface area (Å²) in [6.07, 6.45) is 0. The second-order valence-electron chi connectivity index (χ2n) is 6.03. The van der Waals surface area contributed by atoms with Crippen LogP contribution in [0.5, 0.6) is 5.75 Å². The van der Waals surface area contributed by atoms with E-state index in [1.165, 1.54) is 23.5 Å². The van der Waals surface area contributed by atoms with E-state index in [9.17, 15) is 9.18 Å². The lowest BCUT2D eigenvalue weighted by atomic mass is 10.3. The number of nitrogens with zero attached hydrogens (tertiary/aromatic N) is 2. The van der Waals surface area contributed by atoms with Gasteiger partial charge in [-0.25, -0.2) is 4.39 Å². The molecular formula is C19H19BrFN3O2S. The lowest BCUT2D eigenvalue weighted by Gasteiger charge is -2.06. The quantitative estimate of drug-likeness (QED) is 0.576. The molecule has 0 radical (unpaired) electrons. The van der Waals surface area contributed by atoms with E-state index >= 15 is 0 Å². The zero-order valence-electron chi connectivity index (χ0n) is 15.0. The fourth-order valence-corrected chi connectivity index (χ4v) is 3.65. The van der Waals surface area contributed by atoms with Gasteiger partial charge in [0.1, 0.15) is 18.2 Å². The maximum Gasteiger partial charge on any atom is 0.261 e. The van der Waals surface area contributed by atoms with Gasteiger partial charge in [-0.05, 0) is 53.4 Å². The monoisotopic (exact) mass is 451 g/mol. The summed E-state index contributed by atoms with van der Waals surface area (Å²) in [4.78, 5) is 12.9. The fraction of sp³-hybridized carbons (Fsp3) is 0.263. The number of aromatic nitrogens is 2. The Morgan fingerprint density at radius 2 is 2.19 bits per heavy atom. The van der Waals surface area contributed by atoms with Crippen LogP contribution in [0.15, 0.2) is 40.2 Å². The van der Waals surface area contributed by atoms with Crippen molar-refractivity contribution in [2.75, 3.05) is 6.54 Å². The third kappa shape index (κ3) is 4.95. The number of thiophene rings is 1. The molecule has 0 unspecified atom stereocenters. The summed E-state index contributed by atoms with van der Waals surface area (Å²) in [5.41, 5.74) is 2.84. The Morgan fingerprint density at radius 1 is 1.37 bits per heavy atom. The van der Waals surface area contributed by atoms with Crippen molar-refractivity contribution in [1.29, 1.82) is 0 Å². The van der Waals surface area contributed by atoms with Crippen LogP contribution in [-0.2, 0) is 13.2 Å². The predicted molar refractivity (Wildman–Crippen MR) is 107 cm³/mol. The number of ether oxygens (including phenoxy) is 1. The van der Waals surface area contributed by atoms with E-state index in [4.69, 9.17) is 4.74 Å². The molecule has 1 N–H and O–H groups in total. The number of amides is 1. The summed E-state index contributed by atoms with van der Waals surface area (Å²) in [5.74, 6) is -0.00613. The molecule has 2 heterocycles. The zero-order valence-corrected chi connectivity index (χ0v) is 17.4. The van der Waals surface area contributed by atoms with Gasteiger partial charge in [-0.15, -0.1) is 11.3 Å². The van der Waals surface area contributed by atoms with Crippen molar-refractivity contribution >= 4 is 33.2 Å². The van der Waals surface area contributed by atoms with Crippen molar-refractivity contribution in [3.8, 4) is 5.75 Å². The largest absolute Gasteiger partial charge is 0.489 e. The van der Waals surface area contributed by atoms with Gasteiger partial charge in [-0.2, -0.15) is 5.10 Å². The van der Waals surface area contributed by atoms with Crippen LogP contribution >= 0.6 is 27.3 Å². The Morgan fingerprint density at radius 3 is 2.89 bits per heavy atom. The van der Waals surface area contributed by atoms with Crippen molar-refractivity contribution in [1.82, 2.24) is 15.1 Å². The van der Waals surface area contributed by atoms with Crippen molar-refractivity contribution in [3.63, 3.8) is 0 Å². The van der Waals surface area contributed by atoms with Gasteiger partial charge in [0.2, 0.25) is 0 Å². The van der Waals surface area contributed by atoms with Crippen LogP contribution in [0.3, 0.4) is 0 Å². The number of benzene rings is 1. The van der Waals surface area contributed by atoms with Gasteiger partial charge >= 0.3 is 0 Å². The number of rotatable bonds is 7. The highest BCUT2D eigenvalue weighted by Crippen LogP contribution is 2.20. The van der Waals surface area contributed by atoms with Crippen LogP contribution in [-0.4, -0.2) is 22.2 Å². The molecule has 0 aliphatic carbocycles. The molecule has 3 rings (SSSR count). The van der Waals surface area contributed by atoms with Crippen LogP contribution in [0.25, 0.3) is 0 Å². The molecule has 0 saturated carbocycles. The highest BCUT2D eigenvalue weighted by atomic mass is 79.9. The molecule has 2 aromatic heterocycles. The maximum atomic E-state index is 13.2. The topological polar surface area (TPSA) is 56.2 Å². The van der Waals surface area contributed by atoms with E-state index in [0.717, 1.165) is 21.4 Å². The molecule has 27 heavy (non-hydrogen) atoms. The van der Waals surface area contributed by atoms with Crippen LogP contribution in [0.4, 0.5) is 4.39 Å². The smallest absolute Gasteiger partial charge is 0.261 e. The van der Waals surface area contributed by atoms with E-state index in [2.05, 4.69) is 26.3 Å². The molecule has 1 amide bonds. The molecule has 8 heteroatoms. The first-order chi connectivity index (χ1) is 12.9. The van der Waals surface area contributed by atoms with Gasteiger partial charge in [0, 0.05) is 23.9 Å². The van der Waals surface area contributed by atoms with Gasteiger partial charge < -0.3 is 10.1 Å². The van der Waals surface area contributed by atoms with Crippen molar-refractivity contribution in [2.45, 2.75) is 27.0 Å². The summed E-state index contributed by atoms with van der Waals surface area (Å²) in [7, 11) is 0. The number of hydrogen-bond donors (Lipinski definition) is 1. The van der Waals surface area contributed by atoms with Crippen LogP contribution in [0.2, 0.25) is 0 Å². The molecule has 0 saturated heterocycles. The van der Waals surface area contributed by atoms with Gasteiger partial charge in [0.05, 0.1) is 21.6 Å². The van der Waals surface area contributed by atoms with E-state index in [1.54, 1.807) is 18.2 Å². The zero-order chi connectivity index (χ0) is 19.4. The average molecular weight is 452 g/mol. The Labute approximate surface area is 169 Å². The lowest BCUT2D eigenvalue weighted by molar-refractivity contribution is 0.0956. The molecule has 0 aliphatic rings. The first-order valence-electron chi connectivity index (χ1n) is 8.37. The summed E-state index contributed by atoms with van der Waals surface area (Å²) < 4.78 is 21.6. The summed E-state index contributed by atoms with van der Waals surface area (Å²) in [5, 5.41) is 9.19. The standard InChI is InChI=1S/C19H19BrFN3O2S/c1-12-18(20)13(2)24(23-12)7-6-22-19(25)17-8-14(11-27-17)10-26-16-5-3-4-15(21)9-16/h3-5,8-9,11H,6-7,10H2,1-2H3,(H,22,25). The average Bonchev–Trinajstić information content (AvgIpc) is 3.21. The number of carbonyl (C=O) groups excluding carboxylic acids is 1.